The number of piperidine rings is 1. The first kappa shape index (κ1) is 20.4. The van der Waals surface area contributed by atoms with Gasteiger partial charge in [0.2, 0.25) is 11.8 Å². The van der Waals surface area contributed by atoms with E-state index in [-0.39, 0.29) is 24.9 Å². The van der Waals surface area contributed by atoms with Gasteiger partial charge in [0.1, 0.15) is 0 Å². The maximum Gasteiger partial charge on any atom is 0.243 e. The van der Waals surface area contributed by atoms with Crippen molar-refractivity contribution in [2.45, 2.75) is 26.2 Å². The van der Waals surface area contributed by atoms with Gasteiger partial charge in [-0.15, -0.1) is 0 Å². The Morgan fingerprint density at radius 2 is 1.75 bits per heavy atom. The summed E-state index contributed by atoms with van der Waals surface area (Å²) in [7, 11) is 0. The second-order valence-corrected chi connectivity index (χ2v) is 8.11. The summed E-state index contributed by atoms with van der Waals surface area (Å²) in [5, 5.41) is 2.91. The molecule has 28 heavy (non-hydrogen) atoms. The number of hydrogen-bond donors (Lipinski definition) is 1. The number of nitrogens with zero attached hydrogens (tertiary/aromatic N) is 2. The van der Waals surface area contributed by atoms with E-state index in [1.807, 2.05) is 65.3 Å². The van der Waals surface area contributed by atoms with Gasteiger partial charge in [-0.1, -0.05) is 28.1 Å². The zero-order valence-electron chi connectivity index (χ0n) is 16.2. The molecule has 0 atom stereocenters. The van der Waals surface area contributed by atoms with Gasteiger partial charge in [0.05, 0.1) is 13.1 Å². The van der Waals surface area contributed by atoms with Crippen molar-refractivity contribution in [3.05, 3.63) is 58.6 Å². The minimum Gasteiger partial charge on any atom is -0.353 e. The molecule has 5 nitrogen and oxygen atoms in total. The van der Waals surface area contributed by atoms with Crippen LogP contribution in [0.4, 0.5) is 11.4 Å². The fourth-order valence-corrected chi connectivity index (χ4v) is 3.64. The van der Waals surface area contributed by atoms with Crippen molar-refractivity contribution >= 4 is 39.1 Å². The monoisotopic (exact) mass is 443 g/mol. The summed E-state index contributed by atoms with van der Waals surface area (Å²) < 4.78 is 0.957. The molecule has 0 aliphatic carbocycles. The smallest absolute Gasteiger partial charge is 0.243 e. The Labute approximate surface area is 174 Å². The molecule has 1 heterocycles. The molecule has 2 aromatic rings. The van der Waals surface area contributed by atoms with Crippen LogP contribution in [0.2, 0.25) is 0 Å². The van der Waals surface area contributed by atoms with Crippen molar-refractivity contribution < 1.29 is 9.59 Å². The van der Waals surface area contributed by atoms with Gasteiger partial charge in [-0.25, -0.2) is 0 Å². The summed E-state index contributed by atoms with van der Waals surface area (Å²) in [4.78, 5) is 29.2. The van der Waals surface area contributed by atoms with E-state index in [0.717, 1.165) is 47.3 Å². The Morgan fingerprint density at radius 1 is 1.04 bits per heavy atom. The number of carbonyl (C=O) groups is 2. The van der Waals surface area contributed by atoms with Crippen LogP contribution in [0.3, 0.4) is 0 Å². The first-order valence-electron chi connectivity index (χ1n) is 9.66. The van der Waals surface area contributed by atoms with E-state index in [1.54, 1.807) is 0 Å². The Bertz CT molecular complexity index is 817. The minimum atomic E-state index is -0.143. The van der Waals surface area contributed by atoms with Crippen molar-refractivity contribution in [2.75, 3.05) is 36.4 Å². The summed E-state index contributed by atoms with van der Waals surface area (Å²) in [6.45, 7) is 3.96. The molecule has 1 aliphatic heterocycles. The molecule has 1 aliphatic rings. The van der Waals surface area contributed by atoms with Gasteiger partial charge in [-0.05, 0) is 68.1 Å². The predicted molar refractivity (Wildman–Crippen MR) is 117 cm³/mol. The van der Waals surface area contributed by atoms with Gasteiger partial charge >= 0.3 is 0 Å². The normalized spacial score (nSPS) is 13.9. The average Bonchev–Trinajstić information content (AvgIpc) is 2.70. The molecule has 0 unspecified atom stereocenters. The highest BCUT2D eigenvalue weighted by atomic mass is 79.9. The van der Waals surface area contributed by atoms with Gasteiger partial charge < -0.3 is 15.1 Å². The number of halogens is 1. The lowest BCUT2D eigenvalue weighted by Gasteiger charge is -2.31. The topological polar surface area (TPSA) is 52.7 Å². The first-order chi connectivity index (χ1) is 13.5. The predicted octanol–water partition coefficient (Wildman–Crippen LogP) is 4.22. The maximum atomic E-state index is 12.8. The van der Waals surface area contributed by atoms with Crippen LogP contribution < -0.4 is 10.2 Å². The van der Waals surface area contributed by atoms with E-state index in [2.05, 4.69) is 21.2 Å². The summed E-state index contributed by atoms with van der Waals surface area (Å²) in [5.74, 6) is -0.0621. The molecule has 6 heteroatoms. The summed E-state index contributed by atoms with van der Waals surface area (Å²) in [6, 6.07) is 15.4. The number of likely N-dealkylation sites (tertiary alicyclic amines) is 1. The van der Waals surface area contributed by atoms with Crippen LogP contribution in [0.1, 0.15) is 24.8 Å². The van der Waals surface area contributed by atoms with Gasteiger partial charge in [0, 0.05) is 28.9 Å². The van der Waals surface area contributed by atoms with Crippen molar-refractivity contribution in [2.24, 2.45) is 0 Å². The van der Waals surface area contributed by atoms with Crippen LogP contribution in [0.5, 0.6) is 0 Å². The molecule has 2 amide bonds. The number of hydrogen-bond acceptors (Lipinski definition) is 3. The number of carbonyl (C=O) groups excluding carboxylic acids is 2. The third-order valence-corrected chi connectivity index (χ3v) is 5.39. The second kappa shape index (κ2) is 9.73. The molecule has 0 bridgehead atoms. The Kier molecular flexibility index (Phi) is 7.09. The highest BCUT2D eigenvalue weighted by molar-refractivity contribution is 9.10. The van der Waals surface area contributed by atoms with Crippen molar-refractivity contribution in [1.82, 2.24) is 4.90 Å². The summed E-state index contributed by atoms with van der Waals surface area (Å²) in [6.07, 6.45) is 3.29. The van der Waals surface area contributed by atoms with Gasteiger partial charge in [-0.3, -0.25) is 9.59 Å². The number of aryl methyl sites for hydroxylation is 1. The third-order valence-electron chi connectivity index (χ3n) is 4.86. The quantitative estimate of drug-likeness (QED) is 0.726. The van der Waals surface area contributed by atoms with E-state index >= 15 is 0 Å². The average molecular weight is 444 g/mol. The van der Waals surface area contributed by atoms with E-state index in [1.165, 1.54) is 6.42 Å². The fraction of sp³-hybridized carbons (Fsp3) is 0.364. The van der Waals surface area contributed by atoms with E-state index in [9.17, 15) is 9.59 Å². The molecular weight excluding hydrogens is 418 g/mol. The number of amides is 2. The number of nitrogens with one attached hydrogen (secondary N) is 1. The molecule has 1 N–H and O–H groups in total. The van der Waals surface area contributed by atoms with Crippen LogP contribution in [-0.2, 0) is 9.59 Å². The highest BCUT2D eigenvalue weighted by Gasteiger charge is 2.21. The molecule has 1 saturated heterocycles. The zero-order chi connectivity index (χ0) is 19.9. The molecule has 3 rings (SSSR count). The molecule has 0 aromatic heterocycles. The van der Waals surface area contributed by atoms with Crippen molar-refractivity contribution in [3.8, 4) is 0 Å². The molecule has 148 valence electrons. The largest absolute Gasteiger partial charge is 0.353 e. The number of rotatable bonds is 6. The summed E-state index contributed by atoms with van der Waals surface area (Å²) in [5.41, 5.74) is 2.72. The number of benzene rings is 2. The Balaban J connectivity index is 1.70. The second-order valence-electron chi connectivity index (χ2n) is 7.19. The Hall–Kier alpha value is -2.34. The maximum absolute atomic E-state index is 12.8. The molecule has 0 radical (unpaired) electrons. The van der Waals surface area contributed by atoms with Crippen LogP contribution in [0, 0.1) is 6.92 Å². The summed E-state index contributed by atoms with van der Waals surface area (Å²) >= 11 is 3.39. The molecule has 0 saturated carbocycles. The third kappa shape index (κ3) is 5.83. The Morgan fingerprint density at radius 3 is 2.43 bits per heavy atom. The van der Waals surface area contributed by atoms with Gasteiger partial charge in [0.15, 0.2) is 0 Å². The molecule has 2 aromatic carbocycles. The van der Waals surface area contributed by atoms with E-state index in [0.29, 0.717) is 0 Å². The molecule has 1 fully saturated rings. The van der Waals surface area contributed by atoms with Gasteiger partial charge in [0.25, 0.3) is 0 Å². The van der Waals surface area contributed by atoms with Crippen LogP contribution in [0.15, 0.2) is 53.0 Å². The van der Waals surface area contributed by atoms with Crippen molar-refractivity contribution in [3.63, 3.8) is 0 Å². The SMILES string of the molecule is Cc1cccc(N(CC(=O)Nc2ccc(Br)cc2)CC(=O)N2CCCCC2)c1. The van der Waals surface area contributed by atoms with Crippen LogP contribution >= 0.6 is 15.9 Å². The van der Waals surface area contributed by atoms with E-state index < -0.39 is 0 Å². The lowest BCUT2D eigenvalue weighted by Crippen LogP contribution is -2.45. The fourth-order valence-electron chi connectivity index (χ4n) is 3.38. The molecular formula is C22H26BrN3O2. The minimum absolute atomic E-state index is 0.0812. The standard InChI is InChI=1S/C22H26BrN3O2/c1-17-6-5-7-20(14-17)26(16-22(28)25-12-3-2-4-13-25)15-21(27)24-19-10-8-18(23)9-11-19/h5-11,14H,2-4,12-13,15-16H2,1H3,(H,24,27). The molecule has 0 spiro atoms. The van der Waals surface area contributed by atoms with Crippen LogP contribution in [-0.4, -0.2) is 42.9 Å². The lowest BCUT2D eigenvalue weighted by molar-refractivity contribution is -0.130. The lowest BCUT2D eigenvalue weighted by atomic mass is 10.1. The van der Waals surface area contributed by atoms with Gasteiger partial charge in [-0.2, -0.15) is 0 Å². The highest BCUT2D eigenvalue weighted by Crippen LogP contribution is 2.18. The van der Waals surface area contributed by atoms with Crippen LogP contribution in [0.25, 0.3) is 0 Å². The first-order valence-corrected chi connectivity index (χ1v) is 10.5. The number of anilines is 2. The van der Waals surface area contributed by atoms with Crippen molar-refractivity contribution in [1.29, 1.82) is 0 Å². The van der Waals surface area contributed by atoms with E-state index in [4.69, 9.17) is 0 Å². The zero-order valence-corrected chi connectivity index (χ0v) is 17.7.